The van der Waals surface area contributed by atoms with Gasteiger partial charge in [0.1, 0.15) is 0 Å². The summed E-state index contributed by atoms with van der Waals surface area (Å²) in [6.07, 6.45) is 6.97. The molecule has 0 N–H and O–H groups in total. The second-order valence-electron chi connectivity index (χ2n) is 6.31. The lowest BCUT2D eigenvalue weighted by Crippen LogP contribution is -2.43. The third-order valence-electron chi connectivity index (χ3n) is 3.34. The third kappa shape index (κ3) is 5.41. The topological polar surface area (TPSA) is 20.3 Å². The van der Waals surface area contributed by atoms with E-state index in [1.165, 1.54) is 32.1 Å². The summed E-state index contributed by atoms with van der Waals surface area (Å²) in [6, 6.07) is 0.496. The Kier molecular flexibility index (Phi) is 5.98. The van der Waals surface area contributed by atoms with E-state index in [0.29, 0.717) is 18.4 Å². The number of hydrogen-bond acceptors (Lipinski definition) is 1. The summed E-state index contributed by atoms with van der Waals surface area (Å²) in [4.78, 5) is 14.5. The van der Waals surface area contributed by atoms with Crippen molar-refractivity contribution in [3.63, 3.8) is 0 Å². The van der Waals surface area contributed by atoms with Gasteiger partial charge in [0.2, 0.25) is 5.91 Å². The van der Waals surface area contributed by atoms with Crippen LogP contribution in [0.15, 0.2) is 0 Å². The summed E-state index contributed by atoms with van der Waals surface area (Å²) in [5, 5.41) is 0.888. The lowest BCUT2D eigenvalue weighted by molar-refractivity contribution is -0.135. The fourth-order valence-corrected chi connectivity index (χ4v) is 2.93. The Hall–Kier alpha value is -0.0500. The predicted molar refractivity (Wildman–Crippen MR) is 76.5 cm³/mol. The SMILES string of the molecule is CC(C)(C)CC(=O)N(CCBr)C1CCCCC1. The van der Waals surface area contributed by atoms with Gasteiger partial charge in [-0.25, -0.2) is 0 Å². The number of nitrogens with zero attached hydrogens (tertiary/aromatic N) is 1. The van der Waals surface area contributed by atoms with Gasteiger partial charge in [0.15, 0.2) is 0 Å². The highest BCUT2D eigenvalue weighted by Crippen LogP contribution is 2.26. The van der Waals surface area contributed by atoms with Crippen LogP contribution in [0.1, 0.15) is 59.3 Å². The zero-order valence-electron chi connectivity index (χ0n) is 11.5. The summed E-state index contributed by atoms with van der Waals surface area (Å²) in [5.74, 6) is 0.337. The maximum atomic E-state index is 12.4. The molecule has 100 valence electrons. The number of hydrogen-bond donors (Lipinski definition) is 0. The molecule has 0 unspecified atom stereocenters. The normalized spacial score (nSPS) is 18.1. The van der Waals surface area contributed by atoms with Crippen molar-refractivity contribution in [1.29, 1.82) is 0 Å². The van der Waals surface area contributed by atoms with Gasteiger partial charge in [0.05, 0.1) is 0 Å². The monoisotopic (exact) mass is 303 g/mol. The minimum absolute atomic E-state index is 0.0936. The van der Waals surface area contributed by atoms with Crippen molar-refractivity contribution in [2.45, 2.75) is 65.3 Å². The van der Waals surface area contributed by atoms with E-state index < -0.39 is 0 Å². The van der Waals surface area contributed by atoms with Gasteiger partial charge >= 0.3 is 0 Å². The van der Waals surface area contributed by atoms with Crippen LogP contribution in [0.25, 0.3) is 0 Å². The van der Waals surface area contributed by atoms with Crippen LogP contribution in [0, 0.1) is 5.41 Å². The summed E-state index contributed by atoms with van der Waals surface area (Å²) in [6.45, 7) is 7.27. The second kappa shape index (κ2) is 6.77. The molecule has 0 aliphatic heterocycles. The van der Waals surface area contributed by atoms with E-state index in [2.05, 4.69) is 41.6 Å². The zero-order valence-corrected chi connectivity index (χ0v) is 13.1. The largest absolute Gasteiger partial charge is 0.339 e. The summed E-state index contributed by atoms with van der Waals surface area (Å²) >= 11 is 3.47. The lowest BCUT2D eigenvalue weighted by Gasteiger charge is -2.35. The van der Waals surface area contributed by atoms with E-state index in [4.69, 9.17) is 0 Å². The second-order valence-corrected chi connectivity index (χ2v) is 7.10. The van der Waals surface area contributed by atoms with Gasteiger partial charge in [-0.1, -0.05) is 56.0 Å². The Balaban J connectivity index is 2.60. The molecule has 1 aliphatic carbocycles. The van der Waals surface area contributed by atoms with Gasteiger partial charge in [-0.2, -0.15) is 0 Å². The Morgan fingerprint density at radius 2 is 1.82 bits per heavy atom. The van der Waals surface area contributed by atoms with E-state index in [1.54, 1.807) is 0 Å². The first-order chi connectivity index (χ1) is 7.94. The highest BCUT2D eigenvalue weighted by molar-refractivity contribution is 9.09. The molecular weight excluding hydrogens is 278 g/mol. The van der Waals surface area contributed by atoms with Crippen molar-refractivity contribution < 1.29 is 4.79 Å². The standard InChI is InChI=1S/C14H26BrNO/c1-14(2,3)11-13(17)16(10-9-15)12-7-5-4-6-8-12/h12H,4-11H2,1-3H3. The minimum atomic E-state index is 0.0936. The van der Waals surface area contributed by atoms with Crippen molar-refractivity contribution >= 4 is 21.8 Å². The molecule has 1 saturated carbocycles. The van der Waals surface area contributed by atoms with Gasteiger partial charge in [-0.3, -0.25) is 4.79 Å². The van der Waals surface area contributed by atoms with Crippen LogP contribution >= 0.6 is 15.9 Å². The van der Waals surface area contributed by atoms with Crippen LogP contribution in [0.3, 0.4) is 0 Å². The highest BCUT2D eigenvalue weighted by atomic mass is 79.9. The van der Waals surface area contributed by atoms with E-state index in [0.717, 1.165) is 11.9 Å². The Labute approximate surface area is 114 Å². The van der Waals surface area contributed by atoms with Crippen molar-refractivity contribution in [3.8, 4) is 0 Å². The fourth-order valence-electron chi connectivity index (χ4n) is 2.55. The first kappa shape index (κ1) is 15.0. The summed E-state index contributed by atoms with van der Waals surface area (Å²) < 4.78 is 0. The Bertz CT molecular complexity index is 241. The molecule has 0 radical (unpaired) electrons. The molecule has 0 bridgehead atoms. The molecule has 0 aromatic heterocycles. The van der Waals surface area contributed by atoms with Crippen molar-refractivity contribution in [1.82, 2.24) is 4.90 Å². The van der Waals surface area contributed by atoms with E-state index in [9.17, 15) is 4.79 Å². The Morgan fingerprint density at radius 3 is 2.29 bits per heavy atom. The van der Waals surface area contributed by atoms with Gasteiger partial charge in [-0.05, 0) is 18.3 Å². The smallest absolute Gasteiger partial charge is 0.223 e. The number of halogens is 1. The fraction of sp³-hybridized carbons (Fsp3) is 0.929. The van der Waals surface area contributed by atoms with Crippen LogP contribution in [0.5, 0.6) is 0 Å². The average molecular weight is 304 g/mol. The molecule has 0 spiro atoms. The predicted octanol–water partition coefficient (Wildman–Crippen LogP) is 3.98. The van der Waals surface area contributed by atoms with Crippen LogP contribution < -0.4 is 0 Å². The van der Waals surface area contributed by atoms with Crippen molar-refractivity contribution in [2.75, 3.05) is 11.9 Å². The van der Waals surface area contributed by atoms with E-state index in [1.807, 2.05) is 0 Å². The number of rotatable bonds is 4. The number of alkyl halides is 1. The van der Waals surface area contributed by atoms with Gasteiger partial charge in [-0.15, -0.1) is 0 Å². The Morgan fingerprint density at radius 1 is 1.24 bits per heavy atom. The van der Waals surface area contributed by atoms with Crippen LogP contribution in [0.2, 0.25) is 0 Å². The van der Waals surface area contributed by atoms with Crippen LogP contribution in [-0.4, -0.2) is 28.7 Å². The summed E-state index contributed by atoms with van der Waals surface area (Å²) in [7, 11) is 0. The van der Waals surface area contributed by atoms with Gasteiger partial charge < -0.3 is 4.90 Å². The van der Waals surface area contributed by atoms with Crippen LogP contribution in [0.4, 0.5) is 0 Å². The maximum Gasteiger partial charge on any atom is 0.223 e. The average Bonchev–Trinajstić information content (AvgIpc) is 2.24. The molecule has 0 heterocycles. The van der Waals surface area contributed by atoms with Crippen LogP contribution in [-0.2, 0) is 4.79 Å². The number of carbonyl (C=O) groups is 1. The zero-order chi connectivity index (χ0) is 12.9. The molecule has 2 nitrogen and oxygen atoms in total. The van der Waals surface area contributed by atoms with E-state index >= 15 is 0 Å². The molecule has 0 saturated heterocycles. The maximum absolute atomic E-state index is 12.4. The van der Waals surface area contributed by atoms with Crippen molar-refractivity contribution in [2.24, 2.45) is 5.41 Å². The minimum Gasteiger partial charge on any atom is -0.339 e. The number of amides is 1. The van der Waals surface area contributed by atoms with Gasteiger partial charge in [0, 0.05) is 24.3 Å². The molecule has 0 atom stereocenters. The molecular formula is C14H26BrNO. The first-order valence-electron chi connectivity index (χ1n) is 6.79. The molecule has 1 rings (SSSR count). The summed E-state index contributed by atoms with van der Waals surface area (Å²) in [5.41, 5.74) is 0.0936. The van der Waals surface area contributed by atoms with Crippen molar-refractivity contribution in [3.05, 3.63) is 0 Å². The molecule has 17 heavy (non-hydrogen) atoms. The molecule has 1 amide bonds. The molecule has 1 fully saturated rings. The van der Waals surface area contributed by atoms with E-state index in [-0.39, 0.29) is 5.41 Å². The number of carbonyl (C=O) groups excluding carboxylic acids is 1. The molecule has 3 heteroatoms. The third-order valence-corrected chi connectivity index (χ3v) is 3.70. The molecule has 0 aromatic rings. The lowest BCUT2D eigenvalue weighted by atomic mass is 9.89. The molecule has 1 aliphatic rings. The quantitative estimate of drug-likeness (QED) is 0.719. The first-order valence-corrected chi connectivity index (χ1v) is 7.91. The highest BCUT2D eigenvalue weighted by Gasteiger charge is 2.27. The molecule has 0 aromatic carbocycles. The van der Waals surface area contributed by atoms with Gasteiger partial charge in [0.25, 0.3) is 0 Å².